The van der Waals surface area contributed by atoms with Gasteiger partial charge in [0.1, 0.15) is 12.2 Å². The van der Waals surface area contributed by atoms with Gasteiger partial charge in [0.25, 0.3) is 11.8 Å². The average molecular weight is 454 g/mol. The van der Waals surface area contributed by atoms with E-state index >= 15 is 0 Å². The van der Waals surface area contributed by atoms with Gasteiger partial charge in [0, 0.05) is 11.0 Å². The Bertz CT molecular complexity index is 867. The second kappa shape index (κ2) is 8.78. The zero-order chi connectivity index (χ0) is 20.1. The molecule has 27 heavy (non-hydrogen) atoms. The number of carboxylic acids is 1. The number of rotatable bonds is 7. The molecule has 1 aliphatic heterocycles. The van der Waals surface area contributed by atoms with Crippen LogP contribution in [0.25, 0.3) is 6.08 Å². The number of benzene rings is 1. The molecule has 1 fully saturated rings. The Morgan fingerprint density at radius 3 is 2.70 bits per heavy atom. The van der Waals surface area contributed by atoms with Crippen molar-refractivity contribution < 1.29 is 29.0 Å². The standard InChI is InChI=1S/C17H15BrN2O6S/c1-3-4-20-16(24)10(15(23)19-17(20)27)5-9-6-12(25-2)13(7-11(9)18)26-8-14(21)22/h3,5-7H,1,4,8H2,2H3,(H,21,22)(H,19,23,27)/p-1/b10-5+. The fraction of sp³-hybridized carbons (Fsp3) is 0.176. The molecule has 0 saturated carbocycles. The highest BCUT2D eigenvalue weighted by atomic mass is 79.9. The number of amides is 2. The minimum Gasteiger partial charge on any atom is -0.546 e. The average Bonchev–Trinajstić information content (AvgIpc) is 2.61. The van der Waals surface area contributed by atoms with Gasteiger partial charge >= 0.3 is 0 Å². The number of halogens is 1. The van der Waals surface area contributed by atoms with Gasteiger partial charge in [0.05, 0.1) is 13.1 Å². The number of thiocarbonyl (C=S) groups is 1. The SMILES string of the molecule is C=CCN1C(=O)/C(=C/c2cc(OC)c(OCC(=O)[O-])cc2Br)C(=O)NC1=S. The Hall–Kier alpha value is -2.72. The van der Waals surface area contributed by atoms with Gasteiger partial charge in [-0.3, -0.25) is 19.8 Å². The lowest BCUT2D eigenvalue weighted by Gasteiger charge is -2.27. The normalized spacial score (nSPS) is 15.6. The maximum absolute atomic E-state index is 12.6. The van der Waals surface area contributed by atoms with Crippen LogP contribution in [0.5, 0.6) is 11.5 Å². The van der Waals surface area contributed by atoms with Gasteiger partial charge in [-0.1, -0.05) is 22.0 Å². The third-order valence-corrected chi connectivity index (χ3v) is 4.43. The van der Waals surface area contributed by atoms with E-state index in [1.165, 1.54) is 36.3 Å². The molecule has 1 aliphatic rings. The summed E-state index contributed by atoms with van der Waals surface area (Å²) < 4.78 is 10.7. The highest BCUT2D eigenvalue weighted by Crippen LogP contribution is 2.35. The van der Waals surface area contributed by atoms with Gasteiger partial charge in [-0.2, -0.15) is 0 Å². The first-order chi connectivity index (χ1) is 12.8. The van der Waals surface area contributed by atoms with E-state index in [2.05, 4.69) is 27.8 Å². The molecule has 2 rings (SSSR count). The Morgan fingerprint density at radius 1 is 1.41 bits per heavy atom. The molecular weight excluding hydrogens is 440 g/mol. The van der Waals surface area contributed by atoms with E-state index in [9.17, 15) is 19.5 Å². The number of carboxylic acid groups (broad SMARTS) is 1. The molecule has 0 radical (unpaired) electrons. The van der Waals surface area contributed by atoms with Crippen LogP contribution in [0.2, 0.25) is 0 Å². The summed E-state index contributed by atoms with van der Waals surface area (Å²) in [5, 5.41) is 13.0. The predicted octanol–water partition coefficient (Wildman–Crippen LogP) is 0.399. The Balaban J connectivity index is 2.43. The van der Waals surface area contributed by atoms with Gasteiger partial charge in [0.15, 0.2) is 16.6 Å². The van der Waals surface area contributed by atoms with Crippen LogP contribution in [0, 0.1) is 0 Å². The third-order valence-electron chi connectivity index (χ3n) is 3.43. The summed E-state index contributed by atoms with van der Waals surface area (Å²) in [4.78, 5) is 36.5. The minimum atomic E-state index is -1.39. The van der Waals surface area contributed by atoms with Crippen LogP contribution in [-0.4, -0.2) is 48.1 Å². The van der Waals surface area contributed by atoms with Crippen LogP contribution >= 0.6 is 28.1 Å². The van der Waals surface area contributed by atoms with E-state index in [1.54, 1.807) is 0 Å². The van der Waals surface area contributed by atoms with Crippen molar-refractivity contribution in [3.8, 4) is 11.5 Å². The number of carbonyl (C=O) groups excluding carboxylic acids is 3. The van der Waals surface area contributed by atoms with Gasteiger partial charge in [-0.05, 0) is 36.0 Å². The lowest BCUT2D eigenvalue weighted by Crippen LogP contribution is -2.53. The molecule has 0 aliphatic carbocycles. The van der Waals surface area contributed by atoms with Gasteiger partial charge < -0.3 is 19.4 Å². The summed E-state index contributed by atoms with van der Waals surface area (Å²) in [6.07, 6.45) is 2.85. The lowest BCUT2D eigenvalue weighted by atomic mass is 10.1. The molecule has 0 spiro atoms. The molecular formula is C17H14BrN2O6S-. The van der Waals surface area contributed by atoms with Crippen LogP contribution in [0.15, 0.2) is 34.8 Å². The third kappa shape index (κ3) is 4.72. The van der Waals surface area contributed by atoms with E-state index in [1.807, 2.05) is 0 Å². The number of methoxy groups -OCH3 is 1. The molecule has 0 unspecified atom stereocenters. The first kappa shape index (κ1) is 20.6. The Labute approximate surface area is 168 Å². The number of ether oxygens (including phenoxy) is 2. The van der Waals surface area contributed by atoms with Crippen molar-refractivity contribution >= 4 is 57.1 Å². The second-order valence-corrected chi connectivity index (χ2v) is 6.45. The quantitative estimate of drug-likeness (QED) is 0.275. The monoisotopic (exact) mass is 453 g/mol. The van der Waals surface area contributed by atoms with Crippen LogP contribution in [0.4, 0.5) is 0 Å². The molecule has 0 aromatic heterocycles. The van der Waals surface area contributed by atoms with Crippen molar-refractivity contribution in [2.45, 2.75) is 0 Å². The summed E-state index contributed by atoms with van der Waals surface area (Å²) in [6.45, 7) is 3.05. The number of carbonyl (C=O) groups is 3. The first-order valence-electron chi connectivity index (χ1n) is 7.48. The largest absolute Gasteiger partial charge is 0.546 e. The minimum absolute atomic E-state index is 0.00437. The van der Waals surface area contributed by atoms with Crippen LogP contribution in [-0.2, 0) is 14.4 Å². The first-order valence-corrected chi connectivity index (χ1v) is 8.68. The van der Waals surface area contributed by atoms with E-state index in [0.717, 1.165) is 0 Å². The van der Waals surface area contributed by atoms with Gasteiger partial charge in [0.2, 0.25) is 0 Å². The fourth-order valence-corrected chi connectivity index (χ4v) is 2.90. The Morgan fingerprint density at radius 2 is 2.11 bits per heavy atom. The maximum Gasteiger partial charge on any atom is 0.265 e. The molecule has 1 aromatic carbocycles. The van der Waals surface area contributed by atoms with Crippen molar-refractivity contribution in [1.29, 1.82) is 0 Å². The van der Waals surface area contributed by atoms with Crippen LogP contribution < -0.4 is 19.9 Å². The molecule has 1 aromatic rings. The zero-order valence-electron chi connectivity index (χ0n) is 14.1. The molecule has 1 saturated heterocycles. The highest BCUT2D eigenvalue weighted by molar-refractivity contribution is 9.10. The van der Waals surface area contributed by atoms with Crippen molar-refractivity contribution in [2.24, 2.45) is 0 Å². The molecule has 0 atom stereocenters. The van der Waals surface area contributed by atoms with Gasteiger partial charge in [-0.15, -0.1) is 6.58 Å². The van der Waals surface area contributed by atoms with Crippen molar-refractivity contribution in [1.82, 2.24) is 10.2 Å². The van der Waals surface area contributed by atoms with Crippen molar-refractivity contribution in [3.05, 3.63) is 40.4 Å². The Kier molecular flexibility index (Phi) is 6.70. The highest BCUT2D eigenvalue weighted by Gasteiger charge is 2.32. The van der Waals surface area contributed by atoms with Crippen molar-refractivity contribution in [2.75, 3.05) is 20.3 Å². The summed E-state index contributed by atoms with van der Waals surface area (Å²) in [7, 11) is 1.37. The van der Waals surface area contributed by atoms with Crippen LogP contribution in [0.3, 0.4) is 0 Å². The fourth-order valence-electron chi connectivity index (χ4n) is 2.21. The van der Waals surface area contributed by atoms with Crippen LogP contribution in [0.1, 0.15) is 5.56 Å². The molecule has 1 heterocycles. The topological polar surface area (TPSA) is 108 Å². The summed E-state index contributed by atoms with van der Waals surface area (Å²) in [6, 6.07) is 2.96. The number of hydrogen-bond acceptors (Lipinski definition) is 7. The molecule has 10 heteroatoms. The van der Waals surface area contributed by atoms with E-state index in [4.69, 9.17) is 21.7 Å². The smallest absolute Gasteiger partial charge is 0.265 e. The summed E-state index contributed by atoms with van der Waals surface area (Å²) in [5.74, 6) is -2.21. The molecule has 0 bridgehead atoms. The summed E-state index contributed by atoms with van der Waals surface area (Å²) in [5.41, 5.74) is 0.314. The van der Waals surface area contributed by atoms with Gasteiger partial charge in [-0.25, -0.2) is 0 Å². The number of hydrogen-bond donors (Lipinski definition) is 1. The van der Waals surface area contributed by atoms with E-state index < -0.39 is 24.4 Å². The predicted molar refractivity (Wildman–Crippen MR) is 102 cm³/mol. The van der Waals surface area contributed by atoms with E-state index in [0.29, 0.717) is 10.0 Å². The van der Waals surface area contributed by atoms with Crippen molar-refractivity contribution in [3.63, 3.8) is 0 Å². The molecule has 142 valence electrons. The second-order valence-electron chi connectivity index (χ2n) is 5.21. The molecule has 2 amide bonds. The molecule has 8 nitrogen and oxygen atoms in total. The summed E-state index contributed by atoms with van der Waals surface area (Å²) >= 11 is 8.30. The number of nitrogens with one attached hydrogen (secondary N) is 1. The maximum atomic E-state index is 12.6. The zero-order valence-corrected chi connectivity index (χ0v) is 16.5. The van der Waals surface area contributed by atoms with E-state index in [-0.39, 0.29) is 28.7 Å². The molecule has 1 N–H and O–H groups in total. The number of aliphatic carboxylic acids is 1. The number of nitrogens with zero attached hydrogens (tertiary/aromatic N) is 1. The lowest BCUT2D eigenvalue weighted by molar-refractivity contribution is -0.307.